The molecule has 1 aliphatic rings. The number of thiophene rings is 1. The Hall–Kier alpha value is -0.380. The standard InChI is InChI=1S/C14H24N2S/c1-16(2)14(7-4-3-5-8-14)13(15)10-12-6-9-17-11-12/h6,9,11,13H,3-5,7-8,10,15H2,1-2H3. The molecule has 1 atom stereocenters. The highest BCUT2D eigenvalue weighted by Crippen LogP contribution is 2.35. The van der Waals surface area contributed by atoms with Crippen LogP contribution in [-0.2, 0) is 6.42 Å². The van der Waals surface area contributed by atoms with Crippen molar-refractivity contribution in [2.45, 2.75) is 50.1 Å². The lowest BCUT2D eigenvalue weighted by molar-refractivity contribution is 0.0716. The van der Waals surface area contributed by atoms with Gasteiger partial charge in [-0.1, -0.05) is 19.3 Å². The Morgan fingerprint density at radius 3 is 2.59 bits per heavy atom. The molecule has 96 valence electrons. The molecule has 0 radical (unpaired) electrons. The zero-order valence-corrected chi connectivity index (χ0v) is 11.8. The molecule has 0 amide bonds. The highest BCUT2D eigenvalue weighted by Gasteiger charge is 2.39. The van der Waals surface area contributed by atoms with Crippen LogP contribution in [0.5, 0.6) is 0 Å². The summed E-state index contributed by atoms with van der Waals surface area (Å²) in [5, 5.41) is 4.37. The van der Waals surface area contributed by atoms with Crippen molar-refractivity contribution in [3.63, 3.8) is 0 Å². The first-order chi connectivity index (χ1) is 8.15. The number of likely N-dealkylation sites (N-methyl/N-ethyl adjacent to an activating group) is 1. The van der Waals surface area contributed by atoms with Gasteiger partial charge in [0.2, 0.25) is 0 Å². The third-order valence-corrected chi connectivity index (χ3v) is 5.07. The van der Waals surface area contributed by atoms with Gasteiger partial charge in [0.1, 0.15) is 0 Å². The number of nitrogens with two attached hydrogens (primary N) is 1. The lowest BCUT2D eigenvalue weighted by Crippen LogP contribution is -2.59. The highest BCUT2D eigenvalue weighted by molar-refractivity contribution is 7.07. The average molecular weight is 252 g/mol. The molecule has 0 bridgehead atoms. The van der Waals surface area contributed by atoms with Gasteiger partial charge < -0.3 is 10.6 Å². The van der Waals surface area contributed by atoms with E-state index in [1.54, 1.807) is 11.3 Å². The topological polar surface area (TPSA) is 29.3 Å². The summed E-state index contributed by atoms with van der Waals surface area (Å²) < 4.78 is 0. The molecule has 0 spiro atoms. The maximum Gasteiger partial charge on any atom is 0.0357 e. The second kappa shape index (κ2) is 5.51. The highest BCUT2D eigenvalue weighted by atomic mass is 32.1. The quantitative estimate of drug-likeness (QED) is 0.893. The zero-order valence-electron chi connectivity index (χ0n) is 11.0. The second-order valence-electron chi connectivity index (χ2n) is 5.50. The van der Waals surface area contributed by atoms with Crippen LogP contribution < -0.4 is 5.73 Å². The molecule has 0 aliphatic heterocycles. The fourth-order valence-electron chi connectivity index (χ4n) is 3.17. The van der Waals surface area contributed by atoms with Gasteiger partial charge >= 0.3 is 0 Å². The smallest absolute Gasteiger partial charge is 0.0357 e. The molecule has 2 N–H and O–H groups in total. The number of hydrogen-bond acceptors (Lipinski definition) is 3. The SMILES string of the molecule is CN(C)C1(C(N)Cc2ccsc2)CCCCC1. The molecule has 2 nitrogen and oxygen atoms in total. The maximum atomic E-state index is 6.54. The predicted molar refractivity (Wildman–Crippen MR) is 75.5 cm³/mol. The second-order valence-corrected chi connectivity index (χ2v) is 6.28. The summed E-state index contributed by atoms with van der Waals surface area (Å²) in [7, 11) is 4.39. The summed E-state index contributed by atoms with van der Waals surface area (Å²) >= 11 is 1.77. The van der Waals surface area contributed by atoms with Gasteiger partial charge in [0, 0.05) is 11.6 Å². The lowest BCUT2D eigenvalue weighted by atomic mass is 9.74. The molecule has 2 rings (SSSR count). The number of rotatable bonds is 4. The van der Waals surface area contributed by atoms with Crippen molar-refractivity contribution < 1.29 is 0 Å². The van der Waals surface area contributed by atoms with Crippen LogP contribution in [0, 0.1) is 0 Å². The van der Waals surface area contributed by atoms with E-state index in [1.807, 2.05) is 0 Å². The molecule has 1 fully saturated rings. The van der Waals surface area contributed by atoms with Gasteiger partial charge in [-0.3, -0.25) is 0 Å². The van der Waals surface area contributed by atoms with Gasteiger partial charge in [0.25, 0.3) is 0 Å². The minimum atomic E-state index is 0.222. The molecule has 0 aromatic carbocycles. The van der Waals surface area contributed by atoms with Crippen molar-refractivity contribution in [3.8, 4) is 0 Å². The van der Waals surface area contributed by atoms with Crippen molar-refractivity contribution in [2.75, 3.05) is 14.1 Å². The zero-order chi connectivity index (χ0) is 12.3. The molecular weight excluding hydrogens is 228 g/mol. The molecule has 1 saturated carbocycles. The van der Waals surface area contributed by atoms with E-state index in [0.717, 1.165) is 6.42 Å². The summed E-state index contributed by atoms with van der Waals surface area (Å²) in [6.45, 7) is 0. The molecular formula is C14H24N2S. The van der Waals surface area contributed by atoms with Gasteiger partial charge in [-0.2, -0.15) is 11.3 Å². The Balaban J connectivity index is 2.09. The van der Waals surface area contributed by atoms with Crippen LogP contribution in [0.4, 0.5) is 0 Å². The van der Waals surface area contributed by atoms with Crippen LogP contribution in [0.1, 0.15) is 37.7 Å². The largest absolute Gasteiger partial charge is 0.326 e. The Kier molecular flexibility index (Phi) is 4.23. The fraction of sp³-hybridized carbons (Fsp3) is 0.714. The predicted octanol–water partition coefficient (Wildman–Crippen LogP) is 2.88. The van der Waals surface area contributed by atoms with Crippen molar-refractivity contribution >= 4 is 11.3 Å². The normalized spacial score (nSPS) is 21.6. The van der Waals surface area contributed by atoms with E-state index in [0.29, 0.717) is 0 Å². The summed E-state index contributed by atoms with van der Waals surface area (Å²) in [6.07, 6.45) is 7.56. The fourth-order valence-corrected chi connectivity index (χ4v) is 3.85. The molecule has 0 saturated heterocycles. The summed E-state index contributed by atoms with van der Waals surface area (Å²) in [5.74, 6) is 0. The van der Waals surface area contributed by atoms with Gasteiger partial charge in [-0.05, 0) is 55.7 Å². The third kappa shape index (κ3) is 2.72. The van der Waals surface area contributed by atoms with Crippen LogP contribution in [0.3, 0.4) is 0 Å². The third-order valence-electron chi connectivity index (χ3n) is 4.34. The summed E-state index contributed by atoms with van der Waals surface area (Å²) in [4.78, 5) is 2.38. The minimum Gasteiger partial charge on any atom is -0.326 e. The first-order valence-electron chi connectivity index (χ1n) is 6.59. The summed E-state index contributed by atoms with van der Waals surface area (Å²) in [5.41, 5.74) is 8.16. The molecule has 1 aliphatic carbocycles. The van der Waals surface area contributed by atoms with Gasteiger partial charge in [-0.25, -0.2) is 0 Å². The van der Waals surface area contributed by atoms with E-state index in [2.05, 4.69) is 35.8 Å². The van der Waals surface area contributed by atoms with E-state index in [-0.39, 0.29) is 11.6 Å². The van der Waals surface area contributed by atoms with Crippen LogP contribution in [-0.4, -0.2) is 30.6 Å². The van der Waals surface area contributed by atoms with E-state index < -0.39 is 0 Å². The van der Waals surface area contributed by atoms with Crippen LogP contribution in [0.2, 0.25) is 0 Å². The number of hydrogen-bond donors (Lipinski definition) is 1. The van der Waals surface area contributed by atoms with E-state index in [1.165, 1.54) is 37.7 Å². The lowest BCUT2D eigenvalue weighted by Gasteiger charge is -2.47. The van der Waals surface area contributed by atoms with Crippen molar-refractivity contribution in [2.24, 2.45) is 5.73 Å². The molecule has 3 heteroatoms. The Morgan fingerprint density at radius 1 is 1.35 bits per heavy atom. The van der Waals surface area contributed by atoms with Crippen LogP contribution in [0.25, 0.3) is 0 Å². The number of nitrogens with zero attached hydrogens (tertiary/aromatic N) is 1. The minimum absolute atomic E-state index is 0.222. The monoisotopic (exact) mass is 252 g/mol. The van der Waals surface area contributed by atoms with Crippen molar-refractivity contribution in [3.05, 3.63) is 22.4 Å². The van der Waals surface area contributed by atoms with Gasteiger partial charge in [-0.15, -0.1) is 0 Å². The first-order valence-corrected chi connectivity index (χ1v) is 7.53. The molecule has 17 heavy (non-hydrogen) atoms. The molecule has 1 heterocycles. The van der Waals surface area contributed by atoms with Crippen LogP contribution >= 0.6 is 11.3 Å². The Labute approximate surface area is 109 Å². The van der Waals surface area contributed by atoms with Crippen molar-refractivity contribution in [1.82, 2.24) is 4.90 Å². The molecule has 1 unspecified atom stereocenters. The van der Waals surface area contributed by atoms with Gasteiger partial charge in [0.05, 0.1) is 0 Å². The van der Waals surface area contributed by atoms with E-state index in [4.69, 9.17) is 5.73 Å². The van der Waals surface area contributed by atoms with E-state index >= 15 is 0 Å². The first kappa shape index (κ1) is 13.1. The Morgan fingerprint density at radius 2 is 2.06 bits per heavy atom. The van der Waals surface area contributed by atoms with Crippen molar-refractivity contribution in [1.29, 1.82) is 0 Å². The molecule has 1 aromatic heterocycles. The maximum absolute atomic E-state index is 6.54. The van der Waals surface area contributed by atoms with Gasteiger partial charge in [0.15, 0.2) is 0 Å². The average Bonchev–Trinajstić information content (AvgIpc) is 2.82. The summed E-state index contributed by atoms with van der Waals surface area (Å²) in [6, 6.07) is 2.46. The molecule has 1 aromatic rings. The van der Waals surface area contributed by atoms with Crippen LogP contribution in [0.15, 0.2) is 16.8 Å². The van der Waals surface area contributed by atoms with E-state index in [9.17, 15) is 0 Å². The Bertz CT molecular complexity index is 326.